The fourth-order valence-electron chi connectivity index (χ4n) is 2.41. The van der Waals surface area contributed by atoms with E-state index < -0.39 is 0 Å². The summed E-state index contributed by atoms with van der Waals surface area (Å²) in [5.41, 5.74) is 1.34. The van der Waals surface area contributed by atoms with Crippen LogP contribution in [0.1, 0.15) is 45.1 Å². The summed E-state index contributed by atoms with van der Waals surface area (Å²) >= 11 is 0. The molecule has 0 bridgehead atoms. The lowest BCUT2D eigenvalue weighted by Gasteiger charge is -2.21. The lowest BCUT2D eigenvalue weighted by Crippen LogP contribution is -2.39. The Morgan fingerprint density at radius 1 is 1.08 bits per heavy atom. The van der Waals surface area contributed by atoms with Crippen molar-refractivity contribution < 1.29 is 4.74 Å². The topological polar surface area (TPSA) is 36.9 Å². The molecular formula is C20H35N3O. The molecule has 1 aromatic carbocycles. The largest absolute Gasteiger partial charge is 0.381 e. The van der Waals surface area contributed by atoms with Crippen LogP contribution in [0.2, 0.25) is 0 Å². The number of rotatable bonds is 12. The van der Waals surface area contributed by atoms with Gasteiger partial charge in [-0.2, -0.15) is 0 Å². The molecule has 1 aromatic rings. The fourth-order valence-corrected chi connectivity index (χ4v) is 2.41. The van der Waals surface area contributed by atoms with E-state index in [1.165, 1.54) is 18.4 Å². The minimum atomic E-state index is 0.801. The van der Waals surface area contributed by atoms with Gasteiger partial charge in [-0.3, -0.25) is 4.99 Å². The maximum atomic E-state index is 5.72. The molecule has 136 valence electrons. The maximum absolute atomic E-state index is 5.72. The summed E-state index contributed by atoms with van der Waals surface area (Å²) in [7, 11) is 2.11. The summed E-state index contributed by atoms with van der Waals surface area (Å²) in [5.74, 6) is 1.02. The van der Waals surface area contributed by atoms with Gasteiger partial charge in [-0.25, -0.2) is 0 Å². The third-order valence-electron chi connectivity index (χ3n) is 3.88. The average Bonchev–Trinajstić information content (AvgIpc) is 2.61. The van der Waals surface area contributed by atoms with Gasteiger partial charge in [0.25, 0.3) is 0 Å². The zero-order valence-corrected chi connectivity index (χ0v) is 15.8. The summed E-state index contributed by atoms with van der Waals surface area (Å²) in [6, 6.07) is 10.5. The lowest BCUT2D eigenvalue weighted by atomic mass is 10.2. The molecule has 1 N–H and O–H groups in total. The lowest BCUT2D eigenvalue weighted by molar-refractivity contribution is 0.134. The minimum absolute atomic E-state index is 0.801. The molecule has 0 aliphatic heterocycles. The third-order valence-corrected chi connectivity index (χ3v) is 3.88. The van der Waals surface area contributed by atoms with Crippen molar-refractivity contribution in [3.05, 3.63) is 35.9 Å². The van der Waals surface area contributed by atoms with Gasteiger partial charge in [-0.05, 0) is 38.2 Å². The SMILES string of the molecule is CCCCN(C)C(=NCCCCOCCc1ccccc1)NCC. The van der Waals surface area contributed by atoms with Gasteiger partial charge in [-0.1, -0.05) is 43.7 Å². The van der Waals surface area contributed by atoms with Crippen molar-refractivity contribution in [1.82, 2.24) is 10.2 Å². The molecule has 0 saturated carbocycles. The molecule has 24 heavy (non-hydrogen) atoms. The Morgan fingerprint density at radius 2 is 1.88 bits per heavy atom. The number of nitrogens with one attached hydrogen (secondary N) is 1. The molecule has 0 amide bonds. The van der Waals surface area contributed by atoms with Crippen molar-refractivity contribution >= 4 is 5.96 Å². The Bertz CT molecular complexity index is 434. The normalized spacial score (nSPS) is 11.5. The number of hydrogen-bond donors (Lipinski definition) is 1. The van der Waals surface area contributed by atoms with E-state index in [2.05, 4.69) is 55.4 Å². The van der Waals surface area contributed by atoms with E-state index in [0.29, 0.717) is 0 Å². The average molecular weight is 334 g/mol. The predicted molar refractivity (Wildman–Crippen MR) is 104 cm³/mol. The molecule has 0 heterocycles. The quantitative estimate of drug-likeness (QED) is 0.360. The second-order valence-corrected chi connectivity index (χ2v) is 6.07. The van der Waals surface area contributed by atoms with Crippen molar-refractivity contribution in [3.8, 4) is 0 Å². The maximum Gasteiger partial charge on any atom is 0.193 e. The molecule has 0 atom stereocenters. The van der Waals surface area contributed by atoms with Gasteiger partial charge >= 0.3 is 0 Å². The van der Waals surface area contributed by atoms with Gasteiger partial charge in [0.1, 0.15) is 0 Å². The van der Waals surface area contributed by atoms with E-state index >= 15 is 0 Å². The van der Waals surface area contributed by atoms with E-state index in [4.69, 9.17) is 9.73 Å². The van der Waals surface area contributed by atoms with Crippen molar-refractivity contribution in [2.24, 2.45) is 4.99 Å². The molecule has 0 aliphatic rings. The van der Waals surface area contributed by atoms with Gasteiger partial charge < -0.3 is 15.0 Å². The molecule has 0 unspecified atom stereocenters. The predicted octanol–water partition coefficient (Wildman–Crippen LogP) is 3.72. The Morgan fingerprint density at radius 3 is 2.58 bits per heavy atom. The Labute approximate surface area is 148 Å². The van der Waals surface area contributed by atoms with E-state index in [1.54, 1.807) is 0 Å². The summed E-state index contributed by atoms with van der Waals surface area (Å²) in [6.45, 7) is 8.80. The first-order valence-electron chi connectivity index (χ1n) is 9.39. The first-order valence-corrected chi connectivity index (χ1v) is 9.39. The monoisotopic (exact) mass is 333 g/mol. The zero-order valence-electron chi connectivity index (χ0n) is 15.8. The molecule has 1 rings (SSSR count). The van der Waals surface area contributed by atoms with E-state index in [9.17, 15) is 0 Å². The molecular weight excluding hydrogens is 298 g/mol. The molecule has 0 saturated heterocycles. The number of unbranched alkanes of at least 4 members (excludes halogenated alkanes) is 2. The number of aliphatic imine (C=N–C) groups is 1. The number of nitrogens with zero attached hydrogens (tertiary/aromatic N) is 2. The molecule has 0 radical (unpaired) electrons. The van der Waals surface area contributed by atoms with Crippen LogP contribution in [0.3, 0.4) is 0 Å². The summed E-state index contributed by atoms with van der Waals surface area (Å²) in [4.78, 5) is 6.93. The van der Waals surface area contributed by atoms with Crippen LogP contribution in [0, 0.1) is 0 Å². The molecule has 0 fully saturated rings. The van der Waals surface area contributed by atoms with Gasteiger partial charge in [-0.15, -0.1) is 0 Å². The summed E-state index contributed by atoms with van der Waals surface area (Å²) in [5, 5.41) is 3.37. The second-order valence-electron chi connectivity index (χ2n) is 6.07. The van der Waals surface area contributed by atoms with E-state index in [-0.39, 0.29) is 0 Å². The molecule has 0 aromatic heterocycles. The fraction of sp³-hybridized carbons (Fsp3) is 0.650. The van der Waals surface area contributed by atoms with Gasteiger partial charge in [0.05, 0.1) is 6.61 Å². The Kier molecular flexibility index (Phi) is 11.8. The van der Waals surface area contributed by atoms with Crippen molar-refractivity contribution in [1.29, 1.82) is 0 Å². The number of guanidine groups is 1. The van der Waals surface area contributed by atoms with Gasteiger partial charge in [0.15, 0.2) is 5.96 Å². The Hall–Kier alpha value is -1.55. The van der Waals surface area contributed by atoms with Crippen LogP contribution in [0.15, 0.2) is 35.3 Å². The van der Waals surface area contributed by atoms with Crippen LogP contribution >= 0.6 is 0 Å². The smallest absolute Gasteiger partial charge is 0.193 e. The highest BCUT2D eigenvalue weighted by Crippen LogP contribution is 2.00. The Balaban J connectivity index is 2.11. The van der Waals surface area contributed by atoms with Crippen molar-refractivity contribution in [2.75, 3.05) is 39.9 Å². The van der Waals surface area contributed by atoms with Crippen LogP contribution in [0.5, 0.6) is 0 Å². The molecule has 0 spiro atoms. The van der Waals surface area contributed by atoms with Gasteiger partial charge in [0, 0.05) is 33.3 Å². The highest BCUT2D eigenvalue weighted by molar-refractivity contribution is 5.79. The van der Waals surface area contributed by atoms with Crippen LogP contribution < -0.4 is 5.32 Å². The van der Waals surface area contributed by atoms with Crippen LogP contribution in [-0.4, -0.2) is 50.8 Å². The standard InChI is InChI=1S/C20H35N3O/c1-4-6-16-23(3)20(21-5-2)22-15-10-11-17-24-18-14-19-12-8-7-9-13-19/h7-9,12-13H,4-6,10-11,14-18H2,1-3H3,(H,21,22). The molecule has 4 nitrogen and oxygen atoms in total. The van der Waals surface area contributed by atoms with Crippen LogP contribution in [-0.2, 0) is 11.2 Å². The van der Waals surface area contributed by atoms with Gasteiger partial charge in [0.2, 0.25) is 0 Å². The summed E-state index contributed by atoms with van der Waals surface area (Å²) in [6.07, 6.45) is 5.55. The number of ether oxygens (including phenoxy) is 1. The zero-order chi connectivity index (χ0) is 17.5. The molecule has 0 aliphatic carbocycles. The second kappa shape index (κ2) is 13.8. The first-order chi connectivity index (χ1) is 11.8. The van der Waals surface area contributed by atoms with Crippen LogP contribution in [0.4, 0.5) is 0 Å². The third kappa shape index (κ3) is 9.56. The van der Waals surface area contributed by atoms with E-state index in [1.807, 2.05) is 6.07 Å². The minimum Gasteiger partial charge on any atom is -0.381 e. The highest BCUT2D eigenvalue weighted by Gasteiger charge is 2.03. The van der Waals surface area contributed by atoms with Crippen molar-refractivity contribution in [3.63, 3.8) is 0 Å². The van der Waals surface area contributed by atoms with Crippen molar-refractivity contribution in [2.45, 2.75) is 46.0 Å². The molecule has 4 heteroatoms. The highest BCUT2D eigenvalue weighted by atomic mass is 16.5. The van der Waals surface area contributed by atoms with Crippen LogP contribution in [0.25, 0.3) is 0 Å². The summed E-state index contributed by atoms with van der Waals surface area (Å²) < 4.78 is 5.72. The first kappa shape index (κ1) is 20.5. The van der Waals surface area contributed by atoms with E-state index in [0.717, 1.165) is 58.1 Å². The number of hydrogen-bond acceptors (Lipinski definition) is 2. The number of benzene rings is 1.